The highest BCUT2D eigenvalue weighted by molar-refractivity contribution is 7.15. The first kappa shape index (κ1) is 14.3. The molecule has 0 aliphatic carbocycles. The Balaban J connectivity index is 2.09. The van der Waals surface area contributed by atoms with Crippen LogP contribution in [0, 0.1) is 6.92 Å². The monoisotopic (exact) mass is 295 g/mol. The van der Waals surface area contributed by atoms with Crippen molar-refractivity contribution in [3.8, 4) is 0 Å². The minimum absolute atomic E-state index is 0.771. The summed E-state index contributed by atoms with van der Waals surface area (Å²) in [6, 6.07) is 7.94. The van der Waals surface area contributed by atoms with Gasteiger partial charge in [-0.2, -0.15) is 0 Å². The van der Waals surface area contributed by atoms with Crippen molar-refractivity contribution < 1.29 is 0 Å². The molecule has 3 nitrogen and oxygen atoms in total. The molecule has 0 amide bonds. The van der Waals surface area contributed by atoms with E-state index < -0.39 is 0 Å². The van der Waals surface area contributed by atoms with Gasteiger partial charge in [0.25, 0.3) is 0 Å². The molecule has 0 radical (unpaired) electrons. The van der Waals surface area contributed by atoms with Crippen LogP contribution in [0.4, 0.5) is 5.13 Å². The van der Waals surface area contributed by atoms with E-state index in [-0.39, 0.29) is 0 Å². The van der Waals surface area contributed by atoms with Gasteiger partial charge in [0.15, 0.2) is 5.13 Å². The Labute approximate surface area is 123 Å². The highest BCUT2D eigenvalue weighted by Gasteiger charge is 2.11. The van der Waals surface area contributed by atoms with Crippen molar-refractivity contribution in [2.75, 3.05) is 19.0 Å². The van der Waals surface area contributed by atoms with Crippen LogP contribution in [0.2, 0.25) is 5.02 Å². The van der Waals surface area contributed by atoms with Crippen LogP contribution in [0.1, 0.15) is 16.1 Å². The molecule has 1 heterocycles. The van der Waals surface area contributed by atoms with Crippen LogP contribution < -0.4 is 10.2 Å². The number of hydrogen-bond donors (Lipinski definition) is 1. The van der Waals surface area contributed by atoms with E-state index in [9.17, 15) is 0 Å². The summed E-state index contributed by atoms with van der Waals surface area (Å²) in [4.78, 5) is 8.08. The van der Waals surface area contributed by atoms with Gasteiger partial charge in [-0.05, 0) is 31.7 Å². The van der Waals surface area contributed by atoms with Gasteiger partial charge in [-0.25, -0.2) is 4.98 Å². The number of nitrogens with zero attached hydrogens (tertiary/aromatic N) is 2. The lowest BCUT2D eigenvalue weighted by Gasteiger charge is -2.15. The molecule has 2 rings (SSSR count). The number of nitrogens with one attached hydrogen (secondary N) is 1. The Morgan fingerprint density at radius 3 is 2.63 bits per heavy atom. The fourth-order valence-electron chi connectivity index (χ4n) is 1.83. The Kier molecular flexibility index (Phi) is 4.80. The van der Waals surface area contributed by atoms with Crippen LogP contribution in [0.5, 0.6) is 0 Å². The Bertz CT molecular complexity index is 536. The molecule has 0 saturated carbocycles. The Morgan fingerprint density at radius 2 is 2.00 bits per heavy atom. The Hall–Kier alpha value is -1.10. The smallest absolute Gasteiger partial charge is 0.185 e. The number of aryl methyl sites for hydroxylation is 1. The van der Waals surface area contributed by atoms with E-state index in [1.807, 2.05) is 31.3 Å². The topological polar surface area (TPSA) is 28.2 Å². The zero-order chi connectivity index (χ0) is 13.8. The van der Waals surface area contributed by atoms with E-state index in [1.165, 1.54) is 10.4 Å². The SMILES string of the molecule is CNCc1sc(N(C)Cc2ccc(Cl)cc2)nc1C. The lowest BCUT2D eigenvalue weighted by molar-refractivity contribution is 0.822. The zero-order valence-corrected chi connectivity index (χ0v) is 13.0. The number of thiazole rings is 1. The fourth-order valence-corrected chi connectivity index (χ4v) is 2.99. The fraction of sp³-hybridized carbons (Fsp3) is 0.357. The van der Waals surface area contributed by atoms with E-state index in [0.717, 1.165) is 28.9 Å². The lowest BCUT2D eigenvalue weighted by Crippen LogP contribution is -2.15. The van der Waals surface area contributed by atoms with Gasteiger partial charge in [0.1, 0.15) is 0 Å². The number of anilines is 1. The van der Waals surface area contributed by atoms with Crippen molar-refractivity contribution in [2.24, 2.45) is 0 Å². The predicted octanol–water partition coefficient (Wildman–Crippen LogP) is 3.46. The first-order valence-corrected chi connectivity index (χ1v) is 7.36. The first-order chi connectivity index (χ1) is 9.10. The van der Waals surface area contributed by atoms with Gasteiger partial charge in [-0.3, -0.25) is 0 Å². The molecule has 1 aromatic heterocycles. The molecule has 0 aliphatic rings. The predicted molar refractivity (Wildman–Crippen MR) is 83.2 cm³/mol. The van der Waals surface area contributed by atoms with Crippen LogP contribution in [0.25, 0.3) is 0 Å². The molecule has 0 fully saturated rings. The summed E-state index contributed by atoms with van der Waals surface area (Å²) in [6.07, 6.45) is 0. The summed E-state index contributed by atoms with van der Waals surface area (Å²) in [7, 11) is 4.02. The van der Waals surface area contributed by atoms with E-state index in [4.69, 9.17) is 11.6 Å². The number of aromatic nitrogens is 1. The van der Waals surface area contributed by atoms with Crippen LogP contribution in [0.15, 0.2) is 24.3 Å². The molecule has 0 unspecified atom stereocenters. The normalized spacial score (nSPS) is 10.7. The van der Waals surface area contributed by atoms with Gasteiger partial charge in [0, 0.05) is 30.0 Å². The molecule has 1 aromatic carbocycles. The number of halogens is 1. The molecule has 102 valence electrons. The third-order valence-electron chi connectivity index (χ3n) is 2.88. The minimum Gasteiger partial charge on any atom is -0.347 e. The van der Waals surface area contributed by atoms with Gasteiger partial charge >= 0.3 is 0 Å². The summed E-state index contributed by atoms with van der Waals surface area (Å²) < 4.78 is 0. The second-order valence-electron chi connectivity index (χ2n) is 4.52. The maximum Gasteiger partial charge on any atom is 0.185 e. The lowest BCUT2D eigenvalue weighted by atomic mass is 10.2. The van der Waals surface area contributed by atoms with Gasteiger partial charge in [-0.15, -0.1) is 11.3 Å². The maximum absolute atomic E-state index is 5.89. The molecule has 0 aliphatic heterocycles. The van der Waals surface area contributed by atoms with Crippen molar-refractivity contribution in [3.05, 3.63) is 45.4 Å². The number of benzene rings is 1. The van der Waals surface area contributed by atoms with Gasteiger partial charge in [0.2, 0.25) is 0 Å². The molecule has 5 heteroatoms. The van der Waals surface area contributed by atoms with Crippen LogP contribution >= 0.6 is 22.9 Å². The van der Waals surface area contributed by atoms with E-state index in [2.05, 4.69) is 29.2 Å². The molecule has 0 spiro atoms. The summed E-state index contributed by atoms with van der Waals surface area (Å²) in [6.45, 7) is 3.77. The van der Waals surface area contributed by atoms with Crippen LogP contribution in [0.3, 0.4) is 0 Å². The third kappa shape index (κ3) is 3.69. The van der Waals surface area contributed by atoms with Crippen molar-refractivity contribution >= 4 is 28.1 Å². The number of rotatable bonds is 5. The summed E-state index contributed by atoms with van der Waals surface area (Å²) in [5.74, 6) is 0. The van der Waals surface area contributed by atoms with Crippen molar-refractivity contribution in [1.29, 1.82) is 0 Å². The van der Waals surface area contributed by atoms with E-state index >= 15 is 0 Å². The maximum atomic E-state index is 5.89. The molecule has 0 saturated heterocycles. The van der Waals surface area contributed by atoms with E-state index in [1.54, 1.807) is 11.3 Å². The standard InChI is InChI=1S/C14H18ClN3S/c1-10-13(8-16-2)19-14(17-10)18(3)9-11-4-6-12(15)7-5-11/h4-7,16H,8-9H2,1-3H3. The molecule has 19 heavy (non-hydrogen) atoms. The molecular weight excluding hydrogens is 278 g/mol. The average Bonchev–Trinajstić information content (AvgIpc) is 2.75. The highest BCUT2D eigenvalue weighted by atomic mass is 35.5. The number of hydrogen-bond acceptors (Lipinski definition) is 4. The van der Waals surface area contributed by atoms with Gasteiger partial charge < -0.3 is 10.2 Å². The quantitative estimate of drug-likeness (QED) is 0.915. The highest BCUT2D eigenvalue weighted by Crippen LogP contribution is 2.26. The average molecular weight is 296 g/mol. The molecule has 1 N–H and O–H groups in total. The van der Waals surface area contributed by atoms with E-state index in [0.29, 0.717) is 0 Å². The second-order valence-corrected chi connectivity index (χ2v) is 6.02. The van der Waals surface area contributed by atoms with Gasteiger partial charge in [0.05, 0.1) is 5.69 Å². The second kappa shape index (κ2) is 6.37. The summed E-state index contributed by atoms with van der Waals surface area (Å²) in [5.41, 5.74) is 2.34. The molecule has 0 bridgehead atoms. The first-order valence-electron chi connectivity index (χ1n) is 6.16. The Morgan fingerprint density at radius 1 is 1.32 bits per heavy atom. The third-order valence-corrected chi connectivity index (χ3v) is 4.40. The summed E-state index contributed by atoms with van der Waals surface area (Å²) in [5, 5.41) is 4.99. The van der Waals surface area contributed by atoms with Crippen LogP contribution in [-0.4, -0.2) is 19.1 Å². The molecule has 2 aromatic rings. The zero-order valence-electron chi connectivity index (χ0n) is 11.4. The largest absolute Gasteiger partial charge is 0.347 e. The van der Waals surface area contributed by atoms with Crippen molar-refractivity contribution in [3.63, 3.8) is 0 Å². The summed E-state index contributed by atoms with van der Waals surface area (Å²) >= 11 is 7.63. The molecular formula is C14H18ClN3S. The van der Waals surface area contributed by atoms with Crippen LogP contribution in [-0.2, 0) is 13.1 Å². The minimum atomic E-state index is 0.771. The van der Waals surface area contributed by atoms with Crippen molar-refractivity contribution in [1.82, 2.24) is 10.3 Å². The van der Waals surface area contributed by atoms with Gasteiger partial charge in [-0.1, -0.05) is 23.7 Å². The van der Waals surface area contributed by atoms with Crippen molar-refractivity contribution in [2.45, 2.75) is 20.0 Å². The molecule has 0 atom stereocenters.